The van der Waals surface area contributed by atoms with E-state index >= 15 is 0 Å². The number of anilines is 5. The minimum Gasteiger partial charge on any atom is -0.408 e. The first kappa shape index (κ1) is 21.0. The molecular weight excluding hydrogens is 420 g/mol. The number of aromatic nitrogens is 4. The van der Waals surface area contributed by atoms with Crippen LogP contribution in [0.1, 0.15) is 12.0 Å². The van der Waals surface area contributed by atoms with Crippen LogP contribution in [0.2, 0.25) is 0 Å². The zero-order chi connectivity index (χ0) is 22.8. The number of oxazole rings is 1. The largest absolute Gasteiger partial charge is 0.417 e. The summed E-state index contributed by atoms with van der Waals surface area (Å²) in [4.78, 5) is 32.4. The third kappa shape index (κ3) is 4.80. The molecule has 0 saturated carbocycles. The van der Waals surface area contributed by atoms with Gasteiger partial charge in [-0.15, -0.1) is 0 Å². The predicted octanol–water partition coefficient (Wildman–Crippen LogP) is 3.24. The fourth-order valence-electron chi connectivity index (χ4n) is 3.85. The Hall–Kier alpha value is -3.92. The molecule has 0 radical (unpaired) electrons. The summed E-state index contributed by atoms with van der Waals surface area (Å²) < 4.78 is 5.05. The van der Waals surface area contributed by atoms with Crippen molar-refractivity contribution in [2.45, 2.75) is 13.3 Å². The summed E-state index contributed by atoms with van der Waals surface area (Å²) in [6, 6.07) is 9.40. The molecule has 3 N–H and O–H groups in total. The average Bonchev–Trinajstić information content (AvgIpc) is 3.04. The van der Waals surface area contributed by atoms with E-state index in [1.165, 1.54) is 0 Å². The van der Waals surface area contributed by atoms with Crippen molar-refractivity contribution in [3.05, 3.63) is 58.8 Å². The Balaban J connectivity index is 1.29. The van der Waals surface area contributed by atoms with E-state index in [4.69, 9.17) is 4.42 Å². The van der Waals surface area contributed by atoms with E-state index in [2.05, 4.69) is 47.4 Å². The molecule has 10 nitrogen and oxygen atoms in total. The molecule has 4 aromatic rings. The van der Waals surface area contributed by atoms with Gasteiger partial charge in [-0.25, -0.2) is 14.8 Å². The normalized spacial score (nSPS) is 14.9. The summed E-state index contributed by atoms with van der Waals surface area (Å²) in [6.07, 6.45) is 4.70. The highest BCUT2D eigenvalue weighted by molar-refractivity contribution is 5.78. The van der Waals surface area contributed by atoms with Crippen LogP contribution in [0.25, 0.3) is 11.1 Å². The first-order chi connectivity index (χ1) is 16.0. The second-order valence-corrected chi connectivity index (χ2v) is 8.25. The van der Waals surface area contributed by atoms with Gasteiger partial charge >= 0.3 is 5.76 Å². The molecule has 33 heavy (non-hydrogen) atoms. The standard InChI is InChI=1S/C23H26N8O2/c1-15-13-25-22(29-21(15)26-16-4-6-19-18(12-16)28-23(32)33-19)27-17-5-7-20(24-14-17)31-9-3-8-30(2)10-11-31/h4-7,12-14H,3,8-11H2,1-2H3,(H,28,32)(H2,25,26,27,29). The SMILES string of the molecule is Cc1cnc(Nc2ccc(N3CCCN(C)CC3)nc2)nc1Nc1ccc2oc(=O)[nH]c2c1. The summed E-state index contributed by atoms with van der Waals surface area (Å²) in [6.45, 7) is 6.08. The summed E-state index contributed by atoms with van der Waals surface area (Å²) >= 11 is 0. The number of benzene rings is 1. The van der Waals surface area contributed by atoms with Gasteiger partial charge in [0.05, 0.1) is 17.4 Å². The van der Waals surface area contributed by atoms with E-state index in [1.54, 1.807) is 18.3 Å². The maximum absolute atomic E-state index is 11.4. The Labute approximate surface area is 190 Å². The molecule has 4 heterocycles. The van der Waals surface area contributed by atoms with Crippen molar-refractivity contribution >= 4 is 40.1 Å². The van der Waals surface area contributed by atoms with Gasteiger partial charge in [0.2, 0.25) is 5.95 Å². The van der Waals surface area contributed by atoms with Gasteiger partial charge < -0.3 is 24.9 Å². The molecule has 1 aliphatic heterocycles. The Morgan fingerprint density at radius 2 is 1.88 bits per heavy atom. The highest BCUT2D eigenvalue weighted by atomic mass is 16.4. The van der Waals surface area contributed by atoms with E-state index < -0.39 is 5.76 Å². The monoisotopic (exact) mass is 446 g/mol. The number of likely N-dealkylation sites (N-methyl/N-ethyl adjacent to an activating group) is 1. The molecule has 5 rings (SSSR count). The second kappa shape index (κ2) is 8.91. The maximum Gasteiger partial charge on any atom is 0.417 e. The van der Waals surface area contributed by atoms with Crippen LogP contribution in [-0.2, 0) is 0 Å². The zero-order valence-electron chi connectivity index (χ0n) is 18.6. The summed E-state index contributed by atoms with van der Waals surface area (Å²) in [5, 5.41) is 6.51. The first-order valence-electron chi connectivity index (χ1n) is 10.9. The van der Waals surface area contributed by atoms with Crippen molar-refractivity contribution in [2.75, 3.05) is 48.8 Å². The summed E-state index contributed by atoms with van der Waals surface area (Å²) in [5.41, 5.74) is 3.62. The summed E-state index contributed by atoms with van der Waals surface area (Å²) in [7, 11) is 2.16. The molecule has 0 atom stereocenters. The van der Waals surface area contributed by atoms with Crippen molar-refractivity contribution in [3.63, 3.8) is 0 Å². The molecule has 1 fully saturated rings. The zero-order valence-corrected chi connectivity index (χ0v) is 18.6. The van der Waals surface area contributed by atoms with E-state index in [0.29, 0.717) is 22.9 Å². The highest BCUT2D eigenvalue weighted by Crippen LogP contribution is 2.24. The maximum atomic E-state index is 11.4. The van der Waals surface area contributed by atoms with Gasteiger partial charge in [-0.05, 0) is 57.3 Å². The average molecular weight is 447 g/mol. The van der Waals surface area contributed by atoms with E-state index in [1.807, 2.05) is 31.3 Å². The molecule has 1 saturated heterocycles. The minimum absolute atomic E-state index is 0.465. The molecule has 0 amide bonds. The molecule has 1 aromatic carbocycles. The second-order valence-electron chi connectivity index (χ2n) is 8.25. The van der Waals surface area contributed by atoms with Crippen molar-refractivity contribution in [1.82, 2.24) is 24.8 Å². The van der Waals surface area contributed by atoms with E-state index in [-0.39, 0.29) is 0 Å². The van der Waals surface area contributed by atoms with Crippen LogP contribution < -0.4 is 21.3 Å². The molecule has 0 aliphatic carbocycles. The van der Waals surface area contributed by atoms with Crippen LogP contribution in [0.3, 0.4) is 0 Å². The van der Waals surface area contributed by atoms with E-state index in [9.17, 15) is 4.79 Å². The molecule has 0 spiro atoms. The fourth-order valence-corrected chi connectivity index (χ4v) is 3.85. The van der Waals surface area contributed by atoms with Crippen LogP contribution in [0, 0.1) is 6.92 Å². The fraction of sp³-hybridized carbons (Fsp3) is 0.304. The van der Waals surface area contributed by atoms with Crippen LogP contribution >= 0.6 is 0 Å². The number of fused-ring (bicyclic) bond motifs is 1. The molecule has 0 bridgehead atoms. The van der Waals surface area contributed by atoms with Crippen molar-refractivity contribution < 1.29 is 4.42 Å². The molecule has 1 aliphatic rings. The number of pyridine rings is 1. The smallest absolute Gasteiger partial charge is 0.408 e. The van der Waals surface area contributed by atoms with Gasteiger partial charge in [0.1, 0.15) is 11.6 Å². The minimum atomic E-state index is -0.477. The van der Waals surface area contributed by atoms with Gasteiger partial charge in [-0.3, -0.25) is 4.98 Å². The van der Waals surface area contributed by atoms with Crippen LogP contribution in [-0.4, -0.2) is 58.1 Å². The number of H-pyrrole nitrogens is 1. The van der Waals surface area contributed by atoms with Crippen molar-refractivity contribution in [1.29, 1.82) is 0 Å². The lowest BCUT2D eigenvalue weighted by atomic mass is 10.2. The lowest BCUT2D eigenvalue weighted by molar-refractivity contribution is 0.360. The number of aromatic amines is 1. The van der Waals surface area contributed by atoms with Crippen LogP contribution in [0.4, 0.5) is 29.0 Å². The van der Waals surface area contributed by atoms with Crippen LogP contribution in [0.15, 0.2) is 51.9 Å². The third-order valence-electron chi connectivity index (χ3n) is 5.70. The first-order valence-corrected chi connectivity index (χ1v) is 10.9. The Morgan fingerprint density at radius 3 is 2.73 bits per heavy atom. The molecule has 10 heteroatoms. The number of hydrogen-bond acceptors (Lipinski definition) is 9. The number of hydrogen-bond donors (Lipinski definition) is 3. The van der Waals surface area contributed by atoms with E-state index in [0.717, 1.165) is 55.4 Å². The topological polar surface area (TPSA) is 115 Å². The molecule has 0 unspecified atom stereocenters. The number of aryl methyl sites for hydroxylation is 1. The quantitative estimate of drug-likeness (QED) is 0.425. The van der Waals surface area contributed by atoms with Gasteiger partial charge in [0, 0.05) is 37.1 Å². The Morgan fingerprint density at radius 1 is 1.00 bits per heavy atom. The van der Waals surface area contributed by atoms with Gasteiger partial charge in [0.15, 0.2) is 5.58 Å². The summed E-state index contributed by atoms with van der Waals surface area (Å²) in [5.74, 6) is 1.63. The molecule has 3 aromatic heterocycles. The van der Waals surface area contributed by atoms with Crippen molar-refractivity contribution in [2.24, 2.45) is 0 Å². The molecular formula is C23H26N8O2. The lowest BCUT2D eigenvalue weighted by Gasteiger charge is -2.21. The van der Waals surface area contributed by atoms with Gasteiger partial charge in [-0.2, -0.15) is 4.98 Å². The Kier molecular flexibility index (Phi) is 5.66. The number of nitrogens with zero attached hydrogens (tertiary/aromatic N) is 5. The van der Waals surface area contributed by atoms with Crippen molar-refractivity contribution in [3.8, 4) is 0 Å². The highest BCUT2D eigenvalue weighted by Gasteiger charge is 2.14. The number of rotatable bonds is 5. The Bertz CT molecular complexity index is 1310. The third-order valence-corrected chi connectivity index (χ3v) is 5.70. The number of nitrogens with one attached hydrogen (secondary N) is 3. The van der Waals surface area contributed by atoms with Crippen LogP contribution in [0.5, 0.6) is 0 Å². The lowest BCUT2D eigenvalue weighted by Crippen LogP contribution is -2.29. The van der Waals surface area contributed by atoms with Gasteiger partial charge in [0.25, 0.3) is 0 Å². The van der Waals surface area contributed by atoms with Gasteiger partial charge in [-0.1, -0.05) is 0 Å². The molecule has 170 valence electrons. The predicted molar refractivity (Wildman–Crippen MR) is 129 cm³/mol.